The summed E-state index contributed by atoms with van der Waals surface area (Å²) < 4.78 is 7.31. The zero-order valence-corrected chi connectivity index (χ0v) is 12.0. The highest BCUT2D eigenvalue weighted by molar-refractivity contribution is 9.10. The van der Waals surface area contributed by atoms with Gasteiger partial charge in [-0.3, -0.25) is 0 Å². The van der Waals surface area contributed by atoms with E-state index in [2.05, 4.69) is 15.9 Å². The summed E-state index contributed by atoms with van der Waals surface area (Å²) in [5, 5.41) is 0.603. The molecule has 5 heteroatoms. The van der Waals surface area contributed by atoms with Crippen LogP contribution in [0.25, 0.3) is 0 Å². The predicted octanol–water partition coefficient (Wildman–Crippen LogP) is 5.40. The van der Waals surface area contributed by atoms with E-state index in [0.29, 0.717) is 17.4 Å². The number of benzene rings is 1. The second kappa shape index (κ2) is 5.41. The summed E-state index contributed by atoms with van der Waals surface area (Å²) in [5.41, 5.74) is 0. The second-order valence-corrected chi connectivity index (χ2v) is 6.19. The van der Waals surface area contributed by atoms with Crippen molar-refractivity contribution in [3.05, 3.63) is 49.0 Å². The third-order valence-corrected chi connectivity index (χ3v) is 3.90. The van der Waals surface area contributed by atoms with Gasteiger partial charge in [0.05, 0.1) is 9.36 Å². The van der Waals surface area contributed by atoms with Gasteiger partial charge in [0.1, 0.15) is 12.4 Å². The van der Waals surface area contributed by atoms with Crippen molar-refractivity contribution in [2.45, 2.75) is 6.61 Å². The first-order chi connectivity index (χ1) is 7.65. The Bertz CT molecular complexity index is 498. The van der Waals surface area contributed by atoms with Crippen LogP contribution in [0.4, 0.5) is 0 Å². The number of thiophene rings is 1. The van der Waals surface area contributed by atoms with Gasteiger partial charge in [0, 0.05) is 9.35 Å². The molecule has 0 atom stereocenters. The number of hydrogen-bond donors (Lipinski definition) is 0. The zero-order chi connectivity index (χ0) is 11.5. The standard InChI is InChI=1S/C11H7BrCl2OS/c12-7-1-3-9(13)10(5-7)15-6-8-2-4-11(14)16-8/h1-5H,6H2. The molecule has 0 saturated carbocycles. The molecule has 2 aromatic rings. The third-order valence-electron chi connectivity index (χ3n) is 1.89. The molecule has 1 nitrogen and oxygen atoms in total. The van der Waals surface area contributed by atoms with Gasteiger partial charge < -0.3 is 4.74 Å². The number of halogens is 3. The third kappa shape index (κ3) is 3.14. The van der Waals surface area contributed by atoms with E-state index in [1.54, 1.807) is 6.07 Å². The molecule has 0 aliphatic heterocycles. The van der Waals surface area contributed by atoms with Crippen LogP contribution in [0.15, 0.2) is 34.8 Å². The van der Waals surface area contributed by atoms with E-state index in [-0.39, 0.29) is 0 Å². The molecule has 0 N–H and O–H groups in total. The molecule has 0 aliphatic rings. The van der Waals surface area contributed by atoms with Crippen molar-refractivity contribution in [2.75, 3.05) is 0 Å². The lowest BCUT2D eigenvalue weighted by molar-refractivity contribution is 0.310. The normalized spacial score (nSPS) is 10.4. The Morgan fingerprint density at radius 2 is 2.00 bits per heavy atom. The molecule has 0 unspecified atom stereocenters. The summed E-state index contributed by atoms with van der Waals surface area (Å²) >= 11 is 16.7. The van der Waals surface area contributed by atoms with Gasteiger partial charge in [0.2, 0.25) is 0 Å². The van der Waals surface area contributed by atoms with Crippen LogP contribution in [-0.4, -0.2) is 0 Å². The van der Waals surface area contributed by atoms with Crippen LogP contribution >= 0.6 is 50.5 Å². The van der Waals surface area contributed by atoms with Crippen LogP contribution in [0, 0.1) is 0 Å². The maximum atomic E-state index is 6.00. The van der Waals surface area contributed by atoms with Crippen molar-refractivity contribution >= 4 is 50.5 Å². The molecule has 16 heavy (non-hydrogen) atoms. The molecule has 0 spiro atoms. The molecule has 0 bridgehead atoms. The highest BCUT2D eigenvalue weighted by Gasteiger charge is 2.04. The van der Waals surface area contributed by atoms with Gasteiger partial charge in [-0.1, -0.05) is 39.1 Å². The first kappa shape index (κ1) is 12.2. The Balaban J connectivity index is 2.07. The monoisotopic (exact) mass is 336 g/mol. The van der Waals surface area contributed by atoms with Gasteiger partial charge in [-0.05, 0) is 30.3 Å². The molecule has 0 saturated heterocycles. The average molecular weight is 338 g/mol. The van der Waals surface area contributed by atoms with Crippen LogP contribution in [-0.2, 0) is 6.61 Å². The van der Waals surface area contributed by atoms with E-state index < -0.39 is 0 Å². The van der Waals surface area contributed by atoms with Crippen molar-refractivity contribution in [3.8, 4) is 5.75 Å². The summed E-state index contributed by atoms with van der Waals surface area (Å²) in [6, 6.07) is 9.31. The van der Waals surface area contributed by atoms with Crippen molar-refractivity contribution in [2.24, 2.45) is 0 Å². The first-order valence-electron chi connectivity index (χ1n) is 4.47. The lowest BCUT2D eigenvalue weighted by Crippen LogP contribution is -1.93. The SMILES string of the molecule is Clc1ccc(COc2cc(Br)ccc2Cl)s1. The summed E-state index contributed by atoms with van der Waals surface area (Å²) in [4.78, 5) is 1.07. The quantitative estimate of drug-likeness (QED) is 0.728. The molecule has 0 radical (unpaired) electrons. The van der Waals surface area contributed by atoms with Crippen molar-refractivity contribution in [3.63, 3.8) is 0 Å². The summed E-state index contributed by atoms with van der Waals surface area (Å²) in [7, 11) is 0. The topological polar surface area (TPSA) is 9.23 Å². The van der Waals surface area contributed by atoms with E-state index in [1.807, 2.05) is 24.3 Å². The lowest BCUT2D eigenvalue weighted by Gasteiger charge is -2.06. The Kier molecular flexibility index (Phi) is 4.14. The molecule has 0 fully saturated rings. The largest absolute Gasteiger partial charge is 0.486 e. The summed E-state index contributed by atoms with van der Waals surface area (Å²) in [5.74, 6) is 0.667. The molecule has 2 rings (SSSR count). The molecular weight excluding hydrogens is 331 g/mol. The minimum Gasteiger partial charge on any atom is -0.486 e. The molecule has 1 aromatic heterocycles. The van der Waals surface area contributed by atoms with E-state index in [1.165, 1.54) is 11.3 Å². The van der Waals surface area contributed by atoms with Gasteiger partial charge >= 0.3 is 0 Å². The minimum atomic E-state index is 0.480. The predicted molar refractivity (Wildman–Crippen MR) is 72.8 cm³/mol. The summed E-state index contributed by atoms with van der Waals surface area (Å²) in [6.07, 6.45) is 0. The van der Waals surface area contributed by atoms with Crippen molar-refractivity contribution in [1.82, 2.24) is 0 Å². The second-order valence-electron chi connectivity index (χ2n) is 3.07. The van der Waals surface area contributed by atoms with Crippen molar-refractivity contribution in [1.29, 1.82) is 0 Å². The number of hydrogen-bond acceptors (Lipinski definition) is 2. The Hall–Kier alpha value is -0.220. The number of ether oxygens (including phenoxy) is 1. The van der Waals surface area contributed by atoms with Gasteiger partial charge in [-0.25, -0.2) is 0 Å². The minimum absolute atomic E-state index is 0.480. The molecule has 84 valence electrons. The summed E-state index contributed by atoms with van der Waals surface area (Å²) in [6.45, 7) is 0.480. The van der Waals surface area contributed by atoms with E-state index in [9.17, 15) is 0 Å². The molecule has 1 heterocycles. The average Bonchev–Trinajstić information content (AvgIpc) is 2.66. The molecular formula is C11H7BrCl2OS. The number of rotatable bonds is 3. The van der Waals surface area contributed by atoms with Crippen LogP contribution < -0.4 is 4.74 Å². The highest BCUT2D eigenvalue weighted by Crippen LogP contribution is 2.29. The Morgan fingerprint density at radius 1 is 1.19 bits per heavy atom. The molecule has 0 amide bonds. The van der Waals surface area contributed by atoms with Gasteiger partial charge in [0.25, 0.3) is 0 Å². The van der Waals surface area contributed by atoms with E-state index in [4.69, 9.17) is 27.9 Å². The fraction of sp³-hybridized carbons (Fsp3) is 0.0909. The Morgan fingerprint density at radius 3 is 2.69 bits per heavy atom. The van der Waals surface area contributed by atoms with Gasteiger partial charge in [-0.2, -0.15) is 0 Å². The maximum Gasteiger partial charge on any atom is 0.139 e. The van der Waals surface area contributed by atoms with Crippen LogP contribution in [0.5, 0.6) is 5.75 Å². The van der Waals surface area contributed by atoms with Crippen LogP contribution in [0.2, 0.25) is 9.36 Å². The molecule has 0 aliphatic carbocycles. The zero-order valence-electron chi connectivity index (χ0n) is 8.04. The highest BCUT2D eigenvalue weighted by atomic mass is 79.9. The molecule has 1 aromatic carbocycles. The lowest BCUT2D eigenvalue weighted by atomic mass is 10.3. The Labute approximate surface area is 116 Å². The fourth-order valence-corrected chi connectivity index (χ4v) is 2.68. The van der Waals surface area contributed by atoms with Crippen LogP contribution in [0.1, 0.15) is 4.88 Å². The van der Waals surface area contributed by atoms with Crippen molar-refractivity contribution < 1.29 is 4.74 Å². The maximum absolute atomic E-state index is 6.00. The van der Waals surface area contributed by atoms with E-state index >= 15 is 0 Å². The van der Waals surface area contributed by atoms with Gasteiger partial charge in [-0.15, -0.1) is 11.3 Å². The first-order valence-corrected chi connectivity index (χ1v) is 6.84. The smallest absolute Gasteiger partial charge is 0.139 e. The fourth-order valence-electron chi connectivity index (χ4n) is 1.17. The van der Waals surface area contributed by atoms with Gasteiger partial charge in [0.15, 0.2) is 0 Å². The van der Waals surface area contributed by atoms with Crippen LogP contribution in [0.3, 0.4) is 0 Å². The van der Waals surface area contributed by atoms with E-state index in [0.717, 1.165) is 13.7 Å².